The Morgan fingerprint density at radius 2 is 1.97 bits per heavy atom. The van der Waals surface area contributed by atoms with Gasteiger partial charge in [0.25, 0.3) is 0 Å². The predicted molar refractivity (Wildman–Crippen MR) is 116 cm³/mol. The number of halogens is 3. The zero-order valence-electron chi connectivity index (χ0n) is 16.0. The van der Waals surface area contributed by atoms with E-state index in [9.17, 15) is 4.39 Å². The molecule has 1 aromatic heterocycles. The van der Waals surface area contributed by atoms with Crippen molar-refractivity contribution in [1.29, 1.82) is 0 Å². The van der Waals surface area contributed by atoms with Crippen LogP contribution < -0.4 is 4.74 Å². The summed E-state index contributed by atoms with van der Waals surface area (Å²) in [4.78, 5) is 2.51. The number of likely N-dealkylation sites (tertiary alicyclic amines) is 1. The minimum Gasteiger partial charge on any atom is -0.487 e. The fourth-order valence-electron chi connectivity index (χ4n) is 4.48. The van der Waals surface area contributed by atoms with Crippen LogP contribution in [-0.4, -0.2) is 35.3 Å². The van der Waals surface area contributed by atoms with Gasteiger partial charge >= 0.3 is 0 Å². The van der Waals surface area contributed by atoms with Crippen LogP contribution in [0.25, 0.3) is 11.0 Å². The van der Waals surface area contributed by atoms with E-state index >= 15 is 0 Å². The minimum absolute atomic E-state index is 0. The molecule has 1 fully saturated rings. The number of fused-ring (bicyclic) bond motifs is 2. The summed E-state index contributed by atoms with van der Waals surface area (Å²) in [7, 11) is 0. The summed E-state index contributed by atoms with van der Waals surface area (Å²) in [5.41, 5.74) is 2.74. The van der Waals surface area contributed by atoms with Gasteiger partial charge in [0.2, 0.25) is 0 Å². The van der Waals surface area contributed by atoms with Crippen molar-refractivity contribution >= 4 is 39.3 Å². The number of piperidine rings is 1. The highest BCUT2D eigenvalue weighted by atomic mass is 79.9. The average Bonchev–Trinajstić information content (AvgIpc) is 3.24. The van der Waals surface area contributed by atoms with Gasteiger partial charge < -0.3 is 14.2 Å². The molecule has 0 bridgehead atoms. The van der Waals surface area contributed by atoms with Gasteiger partial charge in [0.05, 0.1) is 5.69 Å². The lowest BCUT2D eigenvalue weighted by Crippen LogP contribution is -2.47. The average molecular weight is 482 g/mol. The Hall–Kier alpha value is -1.63. The van der Waals surface area contributed by atoms with Crippen molar-refractivity contribution in [3.63, 3.8) is 0 Å². The molecule has 2 aliphatic heterocycles. The number of rotatable bonds is 4. The molecule has 2 aromatic carbocycles. The Kier molecular flexibility index (Phi) is 5.87. The van der Waals surface area contributed by atoms with Crippen molar-refractivity contribution < 1.29 is 13.7 Å². The molecule has 0 saturated carbocycles. The van der Waals surface area contributed by atoms with Crippen LogP contribution in [0.4, 0.5) is 4.39 Å². The first kappa shape index (κ1) is 20.6. The van der Waals surface area contributed by atoms with E-state index in [4.69, 9.17) is 9.26 Å². The smallest absolute Gasteiger partial charge is 0.170 e. The van der Waals surface area contributed by atoms with Crippen molar-refractivity contribution in [3.05, 3.63) is 57.9 Å². The van der Waals surface area contributed by atoms with E-state index < -0.39 is 0 Å². The molecule has 0 aliphatic carbocycles. The maximum absolute atomic E-state index is 13.3. The maximum atomic E-state index is 13.3. The number of aromatic nitrogens is 1. The van der Waals surface area contributed by atoms with Crippen molar-refractivity contribution in [1.82, 2.24) is 10.1 Å². The molecule has 7 heteroatoms. The van der Waals surface area contributed by atoms with Gasteiger partial charge in [-0.2, -0.15) is 0 Å². The van der Waals surface area contributed by atoms with Crippen molar-refractivity contribution in [2.75, 3.05) is 19.6 Å². The second kappa shape index (κ2) is 8.25. The van der Waals surface area contributed by atoms with Gasteiger partial charge in [0.15, 0.2) is 5.58 Å². The molecule has 0 atom stereocenters. The lowest BCUT2D eigenvalue weighted by molar-refractivity contribution is 0.0192. The van der Waals surface area contributed by atoms with E-state index in [-0.39, 0.29) is 23.8 Å². The molecule has 154 valence electrons. The Morgan fingerprint density at radius 3 is 2.79 bits per heavy atom. The summed E-state index contributed by atoms with van der Waals surface area (Å²) in [5, 5.41) is 5.04. The molecular weight excluding hydrogens is 459 g/mol. The summed E-state index contributed by atoms with van der Waals surface area (Å²) in [6.07, 6.45) is 4.99. The lowest BCUT2D eigenvalue weighted by Gasteiger charge is -2.38. The van der Waals surface area contributed by atoms with E-state index in [1.807, 2.05) is 0 Å². The van der Waals surface area contributed by atoms with Crippen LogP contribution in [0.15, 0.2) is 45.4 Å². The van der Waals surface area contributed by atoms with Gasteiger partial charge in [-0.25, -0.2) is 4.39 Å². The van der Waals surface area contributed by atoms with Gasteiger partial charge in [-0.05, 0) is 55.3 Å². The highest BCUT2D eigenvalue weighted by Crippen LogP contribution is 2.42. The highest BCUT2D eigenvalue weighted by Gasteiger charge is 2.41. The van der Waals surface area contributed by atoms with E-state index in [1.165, 1.54) is 17.7 Å². The lowest BCUT2D eigenvalue weighted by atomic mass is 9.87. The third-order valence-electron chi connectivity index (χ3n) is 6.03. The molecule has 1 saturated heterocycles. The minimum atomic E-state index is -0.291. The van der Waals surface area contributed by atoms with Crippen molar-refractivity contribution in [3.8, 4) is 5.75 Å². The Labute approximate surface area is 183 Å². The Balaban J connectivity index is 0.00000205. The molecule has 0 unspecified atom stereocenters. The van der Waals surface area contributed by atoms with Gasteiger partial charge in [-0.3, -0.25) is 0 Å². The van der Waals surface area contributed by atoms with E-state index in [2.05, 4.69) is 44.2 Å². The van der Waals surface area contributed by atoms with Crippen LogP contribution in [0.2, 0.25) is 0 Å². The molecule has 5 rings (SSSR count). The van der Waals surface area contributed by atoms with E-state index in [0.29, 0.717) is 5.58 Å². The Bertz CT molecular complexity index is 1020. The predicted octanol–water partition coefficient (Wildman–Crippen LogP) is 5.55. The van der Waals surface area contributed by atoms with Crippen LogP contribution in [0, 0.1) is 5.82 Å². The third-order valence-corrected chi connectivity index (χ3v) is 6.52. The second-order valence-electron chi connectivity index (χ2n) is 7.93. The highest BCUT2D eigenvalue weighted by molar-refractivity contribution is 9.10. The monoisotopic (exact) mass is 480 g/mol. The summed E-state index contributed by atoms with van der Waals surface area (Å²) >= 11 is 3.56. The summed E-state index contributed by atoms with van der Waals surface area (Å²) in [6.45, 7) is 3.14. The fraction of sp³-hybridized carbons (Fsp3) is 0.409. The number of ether oxygens (including phenoxy) is 1. The van der Waals surface area contributed by atoms with Gasteiger partial charge in [-0.1, -0.05) is 21.1 Å². The van der Waals surface area contributed by atoms with Gasteiger partial charge in [0.1, 0.15) is 17.2 Å². The van der Waals surface area contributed by atoms with Gasteiger partial charge in [0, 0.05) is 48.3 Å². The number of benzene rings is 2. The quantitative estimate of drug-likeness (QED) is 0.489. The number of hydrogen-bond donors (Lipinski definition) is 0. The van der Waals surface area contributed by atoms with Crippen molar-refractivity contribution in [2.24, 2.45) is 0 Å². The molecule has 29 heavy (non-hydrogen) atoms. The second-order valence-corrected chi connectivity index (χ2v) is 8.84. The number of nitrogens with zero attached hydrogens (tertiary/aromatic N) is 2. The zero-order chi connectivity index (χ0) is 19.1. The molecule has 0 N–H and O–H groups in total. The number of hydrogen-bond acceptors (Lipinski definition) is 4. The molecule has 2 aliphatic rings. The van der Waals surface area contributed by atoms with Crippen LogP contribution in [-0.2, 0) is 12.8 Å². The largest absolute Gasteiger partial charge is 0.487 e. The molecule has 1 spiro atoms. The standard InChI is InChI=1S/C22H22BrFN2O2.ClH/c23-16-3-6-20-15(12-16)14-22(27-20)7-10-26(11-8-22)9-1-2-19-18-5-4-17(24)13-21(18)28-25-19;/h3-6,12-13H,1-2,7-11,14H2;1H. The topological polar surface area (TPSA) is 38.5 Å². The SMILES string of the molecule is Cl.Fc1ccc2c(CCCN3CCC4(CC3)Cc3cc(Br)ccc3O4)noc2c1. The molecular formula is C22H23BrClFN2O2. The van der Waals surface area contributed by atoms with Crippen LogP contribution >= 0.6 is 28.3 Å². The fourth-order valence-corrected chi connectivity index (χ4v) is 4.89. The molecule has 3 heterocycles. The third kappa shape index (κ3) is 4.16. The zero-order valence-corrected chi connectivity index (χ0v) is 18.4. The molecule has 3 aromatic rings. The van der Waals surface area contributed by atoms with E-state index in [0.717, 1.165) is 73.0 Å². The van der Waals surface area contributed by atoms with Gasteiger partial charge in [-0.15, -0.1) is 12.4 Å². The van der Waals surface area contributed by atoms with Crippen LogP contribution in [0.3, 0.4) is 0 Å². The van der Waals surface area contributed by atoms with Crippen LogP contribution in [0.1, 0.15) is 30.5 Å². The normalized spacial score (nSPS) is 17.9. The molecule has 0 radical (unpaired) electrons. The Morgan fingerprint density at radius 1 is 1.14 bits per heavy atom. The van der Waals surface area contributed by atoms with E-state index in [1.54, 1.807) is 6.07 Å². The molecule has 4 nitrogen and oxygen atoms in total. The summed E-state index contributed by atoms with van der Waals surface area (Å²) < 4.78 is 26.0. The first-order chi connectivity index (χ1) is 13.6. The first-order valence-corrected chi connectivity index (χ1v) is 10.6. The van der Waals surface area contributed by atoms with Crippen LogP contribution in [0.5, 0.6) is 5.75 Å². The maximum Gasteiger partial charge on any atom is 0.170 e. The first-order valence-electron chi connectivity index (χ1n) is 9.84. The van der Waals surface area contributed by atoms with Crippen molar-refractivity contribution in [2.45, 2.75) is 37.7 Å². The number of aryl methyl sites for hydroxylation is 1. The summed E-state index contributed by atoms with van der Waals surface area (Å²) in [6, 6.07) is 10.9. The summed E-state index contributed by atoms with van der Waals surface area (Å²) in [5.74, 6) is 0.757. The molecule has 0 amide bonds.